The van der Waals surface area contributed by atoms with E-state index in [1.807, 2.05) is 18.2 Å². The van der Waals surface area contributed by atoms with E-state index in [0.717, 1.165) is 36.3 Å². The molecule has 140 valence electrons. The first kappa shape index (κ1) is 17.4. The zero-order chi connectivity index (χ0) is 18.4. The SMILES string of the molecule is Cc1oncc1S(=O)(=O)N1CCC[C@](C)(Cc2ccc3c(c2)OCO3)C1. The van der Waals surface area contributed by atoms with Crippen LogP contribution in [0.5, 0.6) is 11.5 Å². The molecule has 0 saturated carbocycles. The molecule has 0 amide bonds. The van der Waals surface area contributed by atoms with Gasteiger partial charge in [0.1, 0.15) is 4.90 Å². The number of aromatic nitrogens is 1. The molecule has 7 nitrogen and oxygen atoms in total. The van der Waals surface area contributed by atoms with Crippen LogP contribution in [0, 0.1) is 12.3 Å². The standard InChI is InChI=1S/C18H22N2O5S/c1-13-17(10-19-25-13)26(21,22)20-7-3-6-18(2,11-20)9-14-4-5-15-16(8-14)24-12-23-15/h4-5,8,10H,3,6-7,9,11-12H2,1-2H3/t18-/m1/s1. The topological polar surface area (TPSA) is 81.9 Å². The fourth-order valence-corrected chi connectivity index (χ4v) is 5.54. The second-order valence-corrected chi connectivity index (χ2v) is 9.27. The van der Waals surface area contributed by atoms with Crippen LogP contribution in [0.25, 0.3) is 0 Å². The molecule has 3 heterocycles. The van der Waals surface area contributed by atoms with Crippen molar-refractivity contribution in [1.82, 2.24) is 9.46 Å². The van der Waals surface area contributed by atoms with Gasteiger partial charge in [0.15, 0.2) is 17.3 Å². The van der Waals surface area contributed by atoms with Gasteiger partial charge in [-0.25, -0.2) is 8.42 Å². The van der Waals surface area contributed by atoms with E-state index in [2.05, 4.69) is 12.1 Å². The second-order valence-electron chi connectivity index (χ2n) is 7.36. The van der Waals surface area contributed by atoms with Crippen LogP contribution in [0.4, 0.5) is 0 Å². The molecule has 1 aromatic carbocycles. The van der Waals surface area contributed by atoms with Crippen molar-refractivity contribution >= 4 is 10.0 Å². The van der Waals surface area contributed by atoms with Crippen LogP contribution in [0.3, 0.4) is 0 Å². The summed E-state index contributed by atoms with van der Waals surface area (Å²) in [6.45, 7) is 4.99. The number of hydrogen-bond acceptors (Lipinski definition) is 6. The molecule has 2 aromatic rings. The van der Waals surface area contributed by atoms with Gasteiger partial charge >= 0.3 is 0 Å². The first-order valence-electron chi connectivity index (χ1n) is 8.67. The minimum Gasteiger partial charge on any atom is -0.454 e. The van der Waals surface area contributed by atoms with Crippen molar-refractivity contribution in [3.8, 4) is 11.5 Å². The Balaban J connectivity index is 1.55. The van der Waals surface area contributed by atoms with Crippen molar-refractivity contribution in [3.63, 3.8) is 0 Å². The summed E-state index contributed by atoms with van der Waals surface area (Å²) < 4.78 is 43.2. The molecule has 1 saturated heterocycles. The largest absolute Gasteiger partial charge is 0.454 e. The summed E-state index contributed by atoms with van der Waals surface area (Å²) >= 11 is 0. The molecule has 0 unspecified atom stereocenters. The van der Waals surface area contributed by atoms with Gasteiger partial charge in [0.2, 0.25) is 16.8 Å². The summed E-state index contributed by atoms with van der Waals surface area (Å²) in [5, 5.41) is 3.61. The molecule has 1 atom stereocenters. The van der Waals surface area contributed by atoms with E-state index in [1.165, 1.54) is 6.20 Å². The molecule has 2 aliphatic rings. The van der Waals surface area contributed by atoms with Gasteiger partial charge in [-0.2, -0.15) is 4.31 Å². The molecule has 0 N–H and O–H groups in total. The molecule has 26 heavy (non-hydrogen) atoms. The van der Waals surface area contributed by atoms with Crippen molar-refractivity contribution in [2.45, 2.75) is 38.0 Å². The number of nitrogens with zero attached hydrogens (tertiary/aromatic N) is 2. The van der Waals surface area contributed by atoms with Gasteiger partial charge in [-0.3, -0.25) is 0 Å². The Hall–Kier alpha value is -2.06. The van der Waals surface area contributed by atoms with Crippen LogP contribution in [0.15, 0.2) is 33.8 Å². The summed E-state index contributed by atoms with van der Waals surface area (Å²) in [5.74, 6) is 1.84. The van der Waals surface area contributed by atoms with Gasteiger partial charge in [-0.05, 0) is 49.3 Å². The highest BCUT2D eigenvalue weighted by Gasteiger charge is 2.38. The molecule has 1 aromatic heterocycles. The number of aryl methyl sites for hydroxylation is 1. The van der Waals surface area contributed by atoms with Gasteiger partial charge in [0.25, 0.3) is 0 Å². The predicted molar refractivity (Wildman–Crippen MR) is 93.6 cm³/mol. The maximum atomic E-state index is 13.0. The Bertz CT molecular complexity index is 923. The fraction of sp³-hybridized carbons (Fsp3) is 0.500. The number of piperidine rings is 1. The fourth-order valence-electron chi connectivity index (χ4n) is 3.84. The highest BCUT2D eigenvalue weighted by molar-refractivity contribution is 7.89. The zero-order valence-electron chi connectivity index (χ0n) is 14.9. The Morgan fingerprint density at radius 2 is 2.08 bits per heavy atom. The number of sulfonamides is 1. The zero-order valence-corrected chi connectivity index (χ0v) is 15.7. The van der Waals surface area contributed by atoms with Crippen LogP contribution < -0.4 is 9.47 Å². The molecule has 4 rings (SSSR count). The lowest BCUT2D eigenvalue weighted by molar-refractivity contribution is 0.165. The number of benzene rings is 1. The third-order valence-electron chi connectivity index (χ3n) is 5.14. The first-order chi connectivity index (χ1) is 12.4. The smallest absolute Gasteiger partial charge is 0.248 e. The van der Waals surface area contributed by atoms with Crippen molar-refractivity contribution in [1.29, 1.82) is 0 Å². The van der Waals surface area contributed by atoms with E-state index in [1.54, 1.807) is 11.2 Å². The lowest BCUT2D eigenvalue weighted by atomic mass is 9.77. The van der Waals surface area contributed by atoms with Gasteiger partial charge < -0.3 is 14.0 Å². The molecule has 0 radical (unpaired) electrons. The third kappa shape index (κ3) is 3.07. The Morgan fingerprint density at radius 1 is 1.27 bits per heavy atom. The van der Waals surface area contributed by atoms with E-state index in [-0.39, 0.29) is 17.1 Å². The molecular weight excluding hydrogens is 356 g/mol. The van der Waals surface area contributed by atoms with Crippen LogP contribution in [0.1, 0.15) is 31.1 Å². The van der Waals surface area contributed by atoms with Crippen molar-refractivity contribution in [2.24, 2.45) is 5.41 Å². The summed E-state index contributed by atoms with van der Waals surface area (Å²) in [6.07, 6.45) is 3.85. The third-order valence-corrected chi connectivity index (χ3v) is 7.08. The van der Waals surface area contributed by atoms with Crippen LogP contribution >= 0.6 is 0 Å². The first-order valence-corrected chi connectivity index (χ1v) is 10.1. The van der Waals surface area contributed by atoms with E-state index < -0.39 is 10.0 Å². The lowest BCUT2D eigenvalue weighted by Crippen LogP contribution is -2.45. The molecule has 0 aliphatic carbocycles. The molecule has 2 aliphatic heterocycles. The monoisotopic (exact) mass is 378 g/mol. The number of ether oxygens (including phenoxy) is 2. The predicted octanol–water partition coefficient (Wildman–Crippen LogP) is 2.75. The average Bonchev–Trinajstić information content (AvgIpc) is 3.23. The van der Waals surface area contributed by atoms with Gasteiger partial charge in [-0.15, -0.1) is 0 Å². The summed E-state index contributed by atoms with van der Waals surface area (Å²) in [7, 11) is -3.59. The van der Waals surface area contributed by atoms with Crippen LogP contribution in [-0.2, 0) is 16.4 Å². The number of fused-ring (bicyclic) bond motifs is 1. The summed E-state index contributed by atoms with van der Waals surface area (Å²) in [5.41, 5.74) is 0.974. The van der Waals surface area contributed by atoms with Gasteiger partial charge in [0, 0.05) is 13.1 Å². The highest BCUT2D eigenvalue weighted by Crippen LogP contribution is 2.39. The van der Waals surface area contributed by atoms with Gasteiger partial charge in [0.05, 0.1) is 6.20 Å². The number of rotatable bonds is 4. The van der Waals surface area contributed by atoms with Crippen LogP contribution in [-0.4, -0.2) is 37.8 Å². The Labute approximate surface area is 152 Å². The minimum atomic E-state index is -3.59. The molecule has 0 spiro atoms. The molecule has 8 heteroatoms. The maximum Gasteiger partial charge on any atom is 0.248 e. The van der Waals surface area contributed by atoms with Crippen molar-refractivity contribution in [3.05, 3.63) is 35.7 Å². The van der Waals surface area contributed by atoms with Gasteiger partial charge in [-0.1, -0.05) is 18.1 Å². The van der Waals surface area contributed by atoms with E-state index in [4.69, 9.17) is 14.0 Å². The normalized spacial score (nSPS) is 23.3. The Kier molecular flexibility index (Phi) is 4.19. The molecular formula is C18H22N2O5S. The van der Waals surface area contributed by atoms with Crippen molar-refractivity contribution in [2.75, 3.05) is 19.9 Å². The summed E-state index contributed by atoms with van der Waals surface area (Å²) in [6, 6.07) is 5.93. The summed E-state index contributed by atoms with van der Waals surface area (Å²) in [4.78, 5) is 0.157. The Morgan fingerprint density at radius 3 is 2.85 bits per heavy atom. The highest BCUT2D eigenvalue weighted by atomic mass is 32.2. The van der Waals surface area contributed by atoms with E-state index in [9.17, 15) is 8.42 Å². The minimum absolute atomic E-state index is 0.149. The van der Waals surface area contributed by atoms with E-state index >= 15 is 0 Å². The lowest BCUT2D eigenvalue weighted by Gasteiger charge is -2.39. The quantitative estimate of drug-likeness (QED) is 0.814. The maximum absolute atomic E-state index is 13.0. The van der Waals surface area contributed by atoms with E-state index in [0.29, 0.717) is 18.8 Å². The molecule has 0 bridgehead atoms. The van der Waals surface area contributed by atoms with Crippen LogP contribution in [0.2, 0.25) is 0 Å². The number of hydrogen-bond donors (Lipinski definition) is 0. The second kappa shape index (κ2) is 6.28. The average molecular weight is 378 g/mol. The van der Waals surface area contributed by atoms with Crippen molar-refractivity contribution < 1.29 is 22.4 Å². The molecule has 1 fully saturated rings.